The Kier molecular flexibility index (Phi) is 4.37. The van der Waals surface area contributed by atoms with E-state index in [-0.39, 0.29) is 5.82 Å². The maximum absolute atomic E-state index is 11.8. The number of ether oxygens (including phenoxy) is 2. The van der Waals surface area contributed by atoms with Gasteiger partial charge >= 0.3 is 6.03 Å². The number of nitrogens with two attached hydrogens (primary N) is 1. The van der Waals surface area contributed by atoms with Crippen molar-refractivity contribution in [2.75, 3.05) is 19.1 Å². The molecular formula is C13H14BrN3O4. The van der Waals surface area contributed by atoms with Gasteiger partial charge in [0.25, 0.3) is 0 Å². The first-order chi connectivity index (χ1) is 9.97. The van der Waals surface area contributed by atoms with Crippen molar-refractivity contribution in [1.82, 2.24) is 5.16 Å². The lowest BCUT2D eigenvalue weighted by molar-refractivity contribution is 0.255. The molecule has 1 aromatic carbocycles. The lowest BCUT2D eigenvalue weighted by Crippen LogP contribution is -2.32. The second-order valence-corrected chi connectivity index (χ2v) is 4.98. The topological polar surface area (TPSA) is 90.8 Å². The van der Waals surface area contributed by atoms with E-state index >= 15 is 0 Å². The molecule has 21 heavy (non-hydrogen) atoms. The van der Waals surface area contributed by atoms with E-state index in [2.05, 4.69) is 21.1 Å². The molecule has 0 aliphatic carbocycles. The molecule has 2 amide bonds. The number of aromatic nitrogens is 1. The third-order valence-corrected chi connectivity index (χ3v) is 3.38. The molecule has 7 nitrogen and oxygen atoms in total. The summed E-state index contributed by atoms with van der Waals surface area (Å²) in [6, 6.07) is 4.19. The molecule has 0 unspecified atom stereocenters. The summed E-state index contributed by atoms with van der Waals surface area (Å²) in [5, 5.41) is 3.81. The summed E-state index contributed by atoms with van der Waals surface area (Å²) in [6.07, 6.45) is 0. The average molecular weight is 356 g/mol. The first-order valence-corrected chi connectivity index (χ1v) is 6.71. The van der Waals surface area contributed by atoms with Crippen LogP contribution in [0.3, 0.4) is 0 Å². The zero-order valence-corrected chi connectivity index (χ0v) is 13.3. The monoisotopic (exact) mass is 355 g/mol. The third kappa shape index (κ3) is 2.94. The van der Waals surface area contributed by atoms with Crippen LogP contribution in [0.15, 0.2) is 27.2 Å². The summed E-state index contributed by atoms with van der Waals surface area (Å²) in [6.45, 7) is 1.72. The predicted octanol–water partition coefficient (Wildman–Crippen LogP) is 2.98. The molecule has 2 aromatic rings. The molecule has 2 rings (SSSR count). The van der Waals surface area contributed by atoms with E-state index < -0.39 is 6.03 Å². The van der Waals surface area contributed by atoms with Crippen molar-refractivity contribution < 1.29 is 18.8 Å². The summed E-state index contributed by atoms with van der Waals surface area (Å²) >= 11 is 3.36. The number of halogens is 1. The Morgan fingerprint density at radius 3 is 2.43 bits per heavy atom. The second-order valence-electron chi connectivity index (χ2n) is 4.13. The van der Waals surface area contributed by atoms with Crippen LogP contribution in [0.1, 0.15) is 5.76 Å². The number of carbonyl (C=O) groups is 1. The summed E-state index contributed by atoms with van der Waals surface area (Å²) < 4.78 is 16.1. The molecule has 0 spiro atoms. The largest absolute Gasteiger partial charge is 0.495 e. The predicted molar refractivity (Wildman–Crippen MR) is 80.2 cm³/mol. The highest BCUT2D eigenvalue weighted by atomic mass is 79.9. The molecule has 0 bridgehead atoms. The zero-order chi connectivity index (χ0) is 15.6. The van der Waals surface area contributed by atoms with E-state index in [1.807, 2.05) is 0 Å². The Labute approximate surface area is 129 Å². The van der Waals surface area contributed by atoms with Crippen LogP contribution >= 0.6 is 15.9 Å². The standard InChI is InChI=1S/C13H14BrN3O4/c1-7-4-12(16-21-7)17(13(15)18)9-5-8(14)10(19-2)6-11(9)20-3/h4-6H,1-3H3,(H2,15,18). The Morgan fingerprint density at radius 2 is 1.95 bits per heavy atom. The molecule has 112 valence electrons. The van der Waals surface area contributed by atoms with Crippen LogP contribution in [-0.2, 0) is 0 Å². The van der Waals surface area contributed by atoms with E-state index in [1.165, 1.54) is 19.1 Å². The van der Waals surface area contributed by atoms with Crippen LogP contribution in [0.5, 0.6) is 11.5 Å². The van der Waals surface area contributed by atoms with Gasteiger partial charge in [-0.3, -0.25) is 0 Å². The highest BCUT2D eigenvalue weighted by Crippen LogP contribution is 2.40. The maximum Gasteiger partial charge on any atom is 0.325 e. The molecule has 2 N–H and O–H groups in total. The summed E-state index contributed by atoms with van der Waals surface area (Å²) in [4.78, 5) is 13.0. The quantitative estimate of drug-likeness (QED) is 0.910. The van der Waals surface area contributed by atoms with Crippen molar-refractivity contribution in [3.05, 3.63) is 28.4 Å². The number of rotatable bonds is 4. The fraction of sp³-hybridized carbons (Fsp3) is 0.231. The number of primary amides is 1. The molecule has 0 aliphatic heterocycles. The van der Waals surface area contributed by atoms with Gasteiger partial charge in [0.15, 0.2) is 5.82 Å². The van der Waals surface area contributed by atoms with Gasteiger partial charge in [0.05, 0.1) is 24.4 Å². The number of carbonyl (C=O) groups excluding carboxylic acids is 1. The van der Waals surface area contributed by atoms with E-state index in [0.717, 1.165) is 0 Å². The van der Waals surface area contributed by atoms with Gasteiger partial charge in [-0.05, 0) is 28.9 Å². The van der Waals surface area contributed by atoms with Gasteiger partial charge in [-0.1, -0.05) is 5.16 Å². The van der Waals surface area contributed by atoms with Crippen molar-refractivity contribution in [2.45, 2.75) is 6.92 Å². The van der Waals surface area contributed by atoms with Gasteiger partial charge in [-0.2, -0.15) is 0 Å². The Hall–Kier alpha value is -2.22. The van der Waals surface area contributed by atoms with Gasteiger partial charge < -0.3 is 19.7 Å². The second kappa shape index (κ2) is 6.04. The van der Waals surface area contributed by atoms with Crippen molar-refractivity contribution >= 4 is 33.5 Å². The average Bonchev–Trinajstić information content (AvgIpc) is 2.85. The van der Waals surface area contributed by atoms with E-state index in [1.54, 1.807) is 25.1 Å². The summed E-state index contributed by atoms with van der Waals surface area (Å²) in [5.41, 5.74) is 5.88. The van der Waals surface area contributed by atoms with Crippen LogP contribution in [0, 0.1) is 6.92 Å². The molecule has 0 atom stereocenters. The van der Waals surface area contributed by atoms with Crippen LogP contribution < -0.4 is 20.1 Å². The van der Waals surface area contributed by atoms with Crippen LogP contribution in [0.4, 0.5) is 16.3 Å². The van der Waals surface area contributed by atoms with Gasteiger partial charge in [-0.25, -0.2) is 9.69 Å². The minimum Gasteiger partial charge on any atom is -0.495 e. The zero-order valence-electron chi connectivity index (χ0n) is 11.7. The van der Waals surface area contributed by atoms with Gasteiger partial charge in [0.1, 0.15) is 17.3 Å². The molecule has 1 heterocycles. The van der Waals surface area contributed by atoms with Gasteiger partial charge in [-0.15, -0.1) is 0 Å². The Morgan fingerprint density at radius 1 is 1.29 bits per heavy atom. The fourth-order valence-corrected chi connectivity index (χ4v) is 2.33. The van der Waals surface area contributed by atoms with E-state index in [4.69, 9.17) is 19.7 Å². The van der Waals surface area contributed by atoms with Gasteiger partial charge in [0.2, 0.25) is 0 Å². The first kappa shape index (κ1) is 15.2. The van der Waals surface area contributed by atoms with Crippen LogP contribution in [-0.4, -0.2) is 25.4 Å². The molecule has 0 saturated carbocycles. The molecule has 8 heteroatoms. The van der Waals surface area contributed by atoms with Crippen molar-refractivity contribution in [2.24, 2.45) is 5.73 Å². The molecule has 0 radical (unpaired) electrons. The van der Waals surface area contributed by atoms with Crippen molar-refractivity contribution in [1.29, 1.82) is 0 Å². The number of hydrogen-bond donors (Lipinski definition) is 1. The van der Waals surface area contributed by atoms with E-state index in [9.17, 15) is 4.79 Å². The molecule has 1 aromatic heterocycles. The van der Waals surface area contributed by atoms with Crippen LogP contribution in [0.2, 0.25) is 0 Å². The maximum atomic E-state index is 11.8. The van der Waals surface area contributed by atoms with Crippen molar-refractivity contribution in [3.63, 3.8) is 0 Å². The smallest absolute Gasteiger partial charge is 0.325 e. The lowest BCUT2D eigenvalue weighted by Gasteiger charge is -2.21. The number of aryl methyl sites for hydroxylation is 1. The summed E-state index contributed by atoms with van der Waals surface area (Å²) in [7, 11) is 3.02. The van der Waals surface area contributed by atoms with Gasteiger partial charge in [0, 0.05) is 12.1 Å². The highest BCUT2D eigenvalue weighted by molar-refractivity contribution is 9.10. The number of nitrogens with zero attached hydrogens (tertiary/aromatic N) is 2. The SMILES string of the molecule is COc1cc(OC)c(N(C(N)=O)c2cc(C)on2)cc1Br. The summed E-state index contributed by atoms with van der Waals surface area (Å²) in [5.74, 6) is 1.81. The number of urea groups is 1. The highest BCUT2D eigenvalue weighted by Gasteiger charge is 2.24. The van der Waals surface area contributed by atoms with Crippen molar-refractivity contribution in [3.8, 4) is 11.5 Å². The molecular weight excluding hydrogens is 342 g/mol. The Balaban J connectivity index is 2.60. The number of methoxy groups -OCH3 is 2. The minimum atomic E-state index is -0.710. The van der Waals surface area contributed by atoms with E-state index in [0.29, 0.717) is 27.4 Å². The number of benzene rings is 1. The lowest BCUT2D eigenvalue weighted by atomic mass is 10.2. The fourth-order valence-electron chi connectivity index (χ4n) is 1.83. The Bertz CT molecular complexity index is 671. The number of anilines is 2. The first-order valence-electron chi connectivity index (χ1n) is 5.92. The number of amides is 2. The minimum absolute atomic E-state index is 0.273. The van der Waals surface area contributed by atoms with Crippen LogP contribution in [0.25, 0.3) is 0 Å². The molecule has 0 saturated heterocycles. The molecule has 0 fully saturated rings. The molecule has 0 aliphatic rings. The third-order valence-electron chi connectivity index (χ3n) is 2.76. The normalized spacial score (nSPS) is 10.3. The number of hydrogen-bond acceptors (Lipinski definition) is 5.